The lowest BCUT2D eigenvalue weighted by Gasteiger charge is -2.20. The molecule has 0 saturated carbocycles. The van der Waals surface area contributed by atoms with Gasteiger partial charge in [0.05, 0.1) is 5.69 Å². The molecule has 0 amide bonds. The molecule has 0 aliphatic heterocycles. The van der Waals surface area contributed by atoms with Crippen LogP contribution in [0.4, 0.5) is 5.13 Å². The summed E-state index contributed by atoms with van der Waals surface area (Å²) in [7, 11) is 2.09. The quantitative estimate of drug-likeness (QED) is 0.878. The Hall–Kier alpha value is -0.610. The number of aromatic nitrogens is 1. The van der Waals surface area contributed by atoms with Crippen molar-refractivity contribution in [1.82, 2.24) is 10.3 Å². The van der Waals surface area contributed by atoms with E-state index in [4.69, 9.17) is 0 Å². The van der Waals surface area contributed by atoms with Gasteiger partial charge in [-0.25, -0.2) is 4.98 Å². The predicted octanol–water partition coefficient (Wildman–Crippen LogP) is 2.88. The van der Waals surface area contributed by atoms with E-state index in [2.05, 4.69) is 62.2 Å². The highest BCUT2D eigenvalue weighted by Gasteiger charge is 2.12. The first-order valence-corrected chi connectivity index (χ1v) is 6.60. The first-order chi connectivity index (χ1) is 7.29. The molecule has 0 bridgehead atoms. The highest BCUT2D eigenvalue weighted by atomic mass is 32.1. The largest absolute Gasteiger partial charge is 0.349 e. The van der Waals surface area contributed by atoms with Crippen LogP contribution in [0.25, 0.3) is 0 Å². The monoisotopic (exact) mass is 241 g/mol. The Morgan fingerprint density at radius 2 is 2.06 bits per heavy atom. The number of hydrogen-bond acceptors (Lipinski definition) is 4. The summed E-state index contributed by atoms with van der Waals surface area (Å²) in [5, 5.41) is 6.68. The zero-order valence-electron chi connectivity index (χ0n) is 11.2. The number of anilines is 1. The van der Waals surface area contributed by atoms with Crippen molar-refractivity contribution in [3.05, 3.63) is 11.1 Å². The van der Waals surface area contributed by atoms with Crippen LogP contribution in [0.1, 0.15) is 40.3 Å². The summed E-state index contributed by atoms with van der Waals surface area (Å²) in [5.41, 5.74) is 1.27. The van der Waals surface area contributed by atoms with Gasteiger partial charge >= 0.3 is 0 Å². The third-order valence-electron chi connectivity index (χ3n) is 2.42. The zero-order chi connectivity index (χ0) is 12.3. The zero-order valence-corrected chi connectivity index (χ0v) is 12.0. The molecular weight excluding hydrogens is 218 g/mol. The molecule has 3 nitrogen and oxygen atoms in total. The third-order valence-corrected chi connectivity index (χ3v) is 3.40. The van der Waals surface area contributed by atoms with Gasteiger partial charge in [0.2, 0.25) is 0 Å². The number of hydrogen-bond donors (Lipinski definition) is 1. The van der Waals surface area contributed by atoms with Crippen LogP contribution in [0.15, 0.2) is 5.38 Å². The predicted molar refractivity (Wildman–Crippen MR) is 72.2 cm³/mol. The van der Waals surface area contributed by atoms with Gasteiger partial charge in [-0.1, -0.05) is 0 Å². The van der Waals surface area contributed by atoms with Crippen molar-refractivity contribution in [3.8, 4) is 0 Å². The Balaban J connectivity index is 2.58. The Morgan fingerprint density at radius 1 is 1.44 bits per heavy atom. The molecule has 16 heavy (non-hydrogen) atoms. The van der Waals surface area contributed by atoms with E-state index in [0.29, 0.717) is 6.04 Å². The topological polar surface area (TPSA) is 28.2 Å². The van der Waals surface area contributed by atoms with Crippen LogP contribution in [0, 0.1) is 0 Å². The maximum atomic E-state index is 4.62. The molecule has 4 heteroatoms. The molecule has 1 rings (SSSR count). The van der Waals surface area contributed by atoms with Crippen LogP contribution < -0.4 is 10.2 Å². The van der Waals surface area contributed by atoms with Gasteiger partial charge in [0.15, 0.2) is 5.13 Å². The summed E-state index contributed by atoms with van der Waals surface area (Å²) in [6.45, 7) is 11.7. The fourth-order valence-corrected chi connectivity index (χ4v) is 2.04. The molecule has 0 spiro atoms. The van der Waals surface area contributed by atoms with Gasteiger partial charge in [-0.05, 0) is 34.6 Å². The second-order valence-electron chi connectivity index (χ2n) is 5.43. The smallest absolute Gasteiger partial charge is 0.185 e. The second-order valence-corrected chi connectivity index (χ2v) is 6.27. The molecule has 0 atom stereocenters. The number of rotatable bonds is 4. The molecule has 0 aliphatic rings. The van der Waals surface area contributed by atoms with Crippen molar-refractivity contribution in [3.63, 3.8) is 0 Å². The van der Waals surface area contributed by atoms with E-state index in [0.717, 1.165) is 17.4 Å². The van der Waals surface area contributed by atoms with E-state index >= 15 is 0 Å². The minimum Gasteiger partial charge on any atom is -0.349 e. The number of thiazole rings is 1. The fourth-order valence-electron chi connectivity index (χ4n) is 1.12. The van der Waals surface area contributed by atoms with Gasteiger partial charge in [0, 0.05) is 30.6 Å². The molecule has 0 radical (unpaired) electrons. The lowest BCUT2D eigenvalue weighted by atomic mass is 10.1. The first-order valence-electron chi connectivity index (χ1n) is 5.72. The van der Waals surface area contributed by atoms with Crippen molar-refractivity contribution in [2.45, 2.75) is 52.7 Å². The summed E-state index contributed by atoms with van der Waals surface area (Å²) in [6, 6.07) is 0.495. The molecule has 0 saturated heterocycles. The summed E-state index contributed by atoms with van der Waals surface area (Å²) < 4.78 is 0. The van der Waals surface area contributed by atoms with Gasteiger partial charge in [0.25, 0.3) is 0 Å². The molecule has 0 aliphatic carbocycles. The van der Waals surface area contributed by atoms with E-state index in [1.54, 1.807) is 11.3 Å². The summed E-state index contributed by atoms with van der Waals surface area (Å²) >= 11 is 1.71. The van der Waals surface area contributed by atoms with Crippen LogP contribution >= 0.6 is 11.3 Å². The van der Waals surface area contributed by atoms with Crippen LogP contribution in [-0.4, -0.2) is 23.6 Å². The average Bonchev–Trinajstić information content (AvgIpc) is 2.60. The second kappa shape index (κ2) is 5.15. The van der Waals surface area contributed by atoms with Gasteiger partial charge in [-0.3, -0.25) is 0 Å². The Labute approximate surface area is 103 Å². The van der Waals surface area contributed by atoms with E-state index in [9.17, 15) is 0 Å². The van der Waals surface area contributed by atoms with Crippen LogP contribution in [0.5, 0.6) is 0 Å². The van der Waals surface area contributed by atoms with Crippen LogP contribution in [-0.2, 0) is 6.54 Å². The van der Waals surface area contributed by atoms with E-state index in [1.165, 1.54) is 0 Å². The van der Waals surface area contributed by atoms with E-state index in [-0.39, 0.29) is 5.54 Å². The number of nitrogens with zero attached hydrogens (tertiary/aromatic N) is 2. The summed E-state index contributed by atoms with van der Waals surface area (Å²) in [4.78, 5) is 6.82. The standard InChI is InChI=1S/C12H23N3S/c1-9(2)15(6)11-14-10(8-16-11)7-13-12(3,4)5/h8-9,13H,7H2,1-6H3. The summed E-state index contributed by atoms with van der Waals surface area (Å²) in [5.74, 6) is 0. The molecule has 92 valence electrons. The minimum atomic E-state index is 0.147. The normalized spacial score (nSPS) is 12.2. The molecule has 1 aromatic rings. The molecule has 0 unspecified atom stereocenters. The van der Waals surface area contributed by atoms with Gasteiger partial charge < -0.3 is 10.2 Å². The van der Waals surface area contributed by atoms with Crippen molar-refractivity contribution >= 4 is 16.5 Å². The maximum absolute atomic E-state index is 4.62. The van der Waals surface area contributed by atoms with Crippen molar-refractivity contribution in [1.29, 1.82) is 0 Å². The minimum absolute atomic E-state index is 0.147. The highest BCUT2D eigenvalue weighted by molar-refractivity contribution is 7.13. The Kier molecular flexibility index (Phi) is 4.33. The fraction of sp³-hybridized carbons (Fsp3) is 0.750. The highest BCUT2D eigenvalue weighted by Crippen LogP contribution is 2.21. The van der Waals surface area contributed by atoms with Crippen molar-refractivity contribution in [2.24, 2.45) is 0 Å². The Bertz CT molecular complexity index is 325. The molecule has 0 fully saturated rings. The van der Waals surface area contributed by atoms with E-state index < -0.39 is 0 Å². The maximum Gasteiger partial charge on any atom is 0.185 e. The number of nitrogens with one attached hydrogen (secondary N) is 1. The van der Waals surface area contributed by atoms with E-state index in [1.807, 2.05) is 0 Å². The van der Waals surface area contributed by atoms with Crippen molar-refractivity contribution in [2.75, 3.05) is 11.9 Å². The van der Waals surface area contributed by atoms with Crippen molar-refractivity contribution < 1.29 is 0 Å². The molecular formula is C12H23N3S. The molecule has 0 aromatic carbocycles. The lowest BCUT2D eigenvalue weighted by Crippen LogP contribution is -2.35. The Morgan fingerprint density at radius 3 is 2.56 bits per heavy atom. The average molecular weight is 241 g/mol. The van der Waals surface area contributed by atoms with Gasteiger partial charge in [-0.2, -0.15) is 0 Å². The lowest BCUT2D eigenvalue weighted by molar-refractivity contribution is 0.422. The molecule has 1 aromatic heterocycles. The van der Waals surface area contributed by atoms with Gasteiger partial charge in [0.1, 0.15) is 0 Å². The van der Waals surface area contributed by atoms with Crippen LogP contribution in [0.3, 0.4) is 0 Å². The van der Waals surface area contributed by atoms with Gasteiger partial charge in [-0.15, -0.1) is 11.3 Å². The SMILES string of the molecule is CC(C)N(C)c1nc(CNC(C)(C)C)cs1. The first kappa shape index (κ1) is 13.5. The molecule has 1 N–H and O–H groups in total. The summed E-state index contributed by atoms with van der Waals surface area (Å²) in [6.07, 6.45) is 0. The third kappa shape index (κ3) is 4.10. The molecule has 1 heterocycles. The van der Waals surface area contributed by atoms with Crippen LogP contribution in [0.2, 0.25) is 0 Å².